The van der Waals surface area contributed by atoms with Crippen LogP contribution in [0, 0.1) is 6.92 Å². The number of nitrogens with one attached hydrogen (secondary N) is 2. The largest absolute Gasteiger partial charge is 0.455 e. The minimum absolute atomic E-state index is 0.268. The second-order valence-electron chi connectivity index (χ2n) is 5.92. The maximum absolute atomic E-state index is 12.6. The van der Waals surface area contributed by atoms with Crippen LogP contribution in [-0.4, -0.2) is 24.3 Å². The van der Waals surface area contributed by atoms with E-state index in [1.807, 2.05) is 37.3 Å². The number of aryl methyl sites for hydroxylation is 1. The topological polar surface area (TPSA) is 92.9 Å². The van der Waals surface area contributed by atoms with Crippen LogP contribution in [0.2, 0.25) is 0 Å². The van der Waals surface area contributed by atoms with E-state index in [9.17, 15) is 9.59 Å². The highest BCUT2D eigenvalue weighted by Crippen LogP contribution is 2.30. The van der Waals surface area contributed by atoms with Crippen LogP contribution in [-0.2, 0) is 11.2 Å². The Morgan fingerprint density at radius 2 is 2.00 bits per heavy atom. The standard InChI is InChI=1S/C19H21N3O4/c1-3-25-19(24)22-21-14-10-7-11-15-16(14)12(2)17(26-15)18(23)20-13-8-5-4-6-9-13/h4-6,8-9H,3,7,10-11H2,1-2H3,(H,20,23)(H,22,24)/b21-14+. The van der Waals surface area contributed by atoms with Crippen molar-refractivity contribution in [2.75, 3.05) is 11.9 Å². The first kappa shape index (κ1) is 17.7. The fourth-order valence-electron chi connectivity index (χ4n) is 2.98. The van der Waals surface area contributed by atoms with Gasteiger partial charge >= 0.3 is 6.09 Å². The lowest BCUT2D eigenvalue weighted by molar-refractivity contribution is 0.0994. The molecule has 1 aliphatic rings. The monoisotopic (exact) mass is 355 g/mol. The van der Waals surface area contributed by atoms with Crippen LogP contribution in [0.15, 0.2) is 39.9 Å². The summed E-state index contributed by atoms with van der Waals surface area (Å²) < 4.78 is 10.6. The van der Waals surface area contributed by atoms with Crippen LogP contribution in [0.1, 0.15) is 47.2 Å². The van der Waals surface area contributed by atoms with Gasteiger partial charge in [-0.2, -0.15) is 5.10 Å². The summed E-state index contributed by atoms with van der Waals surface area (Å²) in [6.45, 7) is 3.83. The predicted molar refractivity (Wildman–Crippen MR) is 97.5 cm³/mol. The van der Waals surface area contributed by atoms with E-state index < -0.39 is 6.09 Å². The third-order valence-corrected chi connectivity index (χ3v) is 4.12. The van der Waals surface area contributed by atoms with Crippen molar-refractivity contribution in [2.45, 2.75) is 33.1 Å². The molecule has 136 valence electrons. The third-order valence-electron chi connectivity index (χ3n) is 4.12. The molecule has 2 aromatic rings. The second kappa shape index (κ2) is 7.86. The Hall–Kier alpha value is -3.09. The van der Waals surface area contributed by atoms with Crippen molar-refractivity contribution >= 4 is 23.4 Å². The molecule has 0 fully saturated rings. The molecule has 1 heterocycles. The van der Waals surface area contributed by atoms with E-state index in [2.05, 4.69) is 15.8 Å². The average Bonchev–Trinajstić information content (AvgIpc) is 2.99. The van der Waals surface area contributed by atoms with Crippen molar-refractivity contribution in [3.8, 4) is 0 Å². The Balaban J connectivity index is 1.84. The molecule has 7 heteroatoms. The lowest BCUT2D eigenvalue weighted by Crippen LogP contribution is -2.22. The highest BCUT2D eigenvalue weighted by molar-refractivity contribution is 6.09. The van der Waals surface area contributed by atoms with Gasteiger partial charge in [0.2, 0.25) is 0 Å². The third kappa shape index (κ3) is 3.77. The van der Waals surface area contributed by atoms with Crippen molar-refractivity contribution in [3.05, 3.63) is 53.0 Å². The summed E-state index contributed by atoms with van der Waals surface area (Å²) in [6, 6.07) is 9.20. The smallest absolute Gasteiger partial charge is 0.427 e. The van der Waals surface area contributed by atoms with Gasteiger partial charge in [-0.1, -0.05) is 18.2 Å². The fourth-order valence-corrected chi connectivity index (χ4v) is 2.98. The zero-order valence-corrected chi connectivity index (χ0v) is 14.8. The number of hydrogen-bond acceptors (Lipinski definition) is 5. The molecule has 7 nitrogen and oxygen atoms in total. The molecule has 3 rings (SSSR count). The van der Waals surface area contributed by atoms with Crippen LogP contribution in [0.3, 0.4) is 0 Å². The number of para-hydroxylation sites is 1. The number of anilines is 1. The average molecular weight is 355 g/mol. The zero-order valence-electron chi connectivity index (χ0n) is 14.8. The van der Waals surface area contributed by atoms with E-state index in [1.165, 1.54) is 0 Å². The van der Waals surface area contributed by atoms with Gasteiger partial charge in [0.1, 0.15) is 5.76 Å². The van der Waals surface area contributed by atoms with E-state index in [-0.39, 0.29) is 18.3 Å². The van der Waals surface area contributed by atoms with Gasteiger partial charge in [-0.05, 0) is 38.8 Å². The molecule has 0 atom stereocenters. The van der Waals surface area contributed by atoms with Crippen LogP contribution in [0.25, 0.3) is 0 Å². The van der Waals surface area contributed by atoms with E-state index in [4.69, 9.17) is 9.15 Å². The molecule has 0 spiro atoms. The Labute approximate surface area is 151 Å². The molecular weight excluding hydrogens is 334 g/mol. The number of rotatable bonds is 4. The lowest BCUT2D eigenvalue weighted by Gasteiger charge is -2.13. The summed E-state index contributed by atoms with van der Waals surface area (Å²) in [5.74, 6) is 0.682. The molecule has 0 unspecified atom stereocenters. The minimum Gasteiger partial charge on any atom is -0.455 e. The summed E-state index contributed by atoms with van der Waals surface area (Å²) in [5.41, 5.74) is 5.29. The second-order valence-corrected chi connectivity index (χ2v) is 5.92. The number of fused-ring (bicyclic) bond motifs is 1. The lowest BCUT2D eigenvalue weighted by atomic mass is 9.93. The van der Waals surface area contributed by atoms with Gasteiger partial charge in [0.15, 0.2) is 5.76 Å². The number of furan rings is 1. The van der Waals surface area contributed by atoms with Crippen LogP contribution >= 0.6 is 0 Å². The summed E-state index contributed by atoms with van der Waals surface area (Å²) >= 11 is 0. The predicted octanol–water partition coefficient (Wildman–Crippen LogP) is 3.63. The van der Waals surface area contributed by atoms with Crippen molar-refractivity contribution < 1.29 is 18.7 Å². The van der Waals surface area contributed by atoms with Crippen molar-refractivity contribution in [1.29, 1.82) is 0 Å². The number of amides is 2. The first-order chi connectivity index (χ1) is 12.6. The summed E-state index contributed by atoms with van der Waals surface area (Å²) in [4.78, 5) is 24.0. The summed E-state index contributed by atoms with van der Waals surface area (Å²) in [7, 11) is 0. The van der Waals surface area contributed by atoms with Gasteiger partial charge in [0, 0.05) is 23.2 Å². The first-order valence-corrected chi connectivity index (χ1v) is 8.58. The highest BCUT2D eigenvalue weighted by Gasteiger charge is 2.28. The van der Waals surface area contributed by atoms with E-state index >= 15 is 0 Å². The number of hydrogen-bond donors (Lipinski definition) is 2. The Morgan fingerprint density at radius 1 is 1.23 bits per heavy atom. The Kier molecular flexibility index (Phi) is 5.36. The SMILES string of the molecule is CCOC(=O)N/N=C1\CCCc2oc(C(=O)Nc3ccccc3)c(C)c21. The number of hydrazone groups is 1. The molecule has 2 amide bonds. The van der Waals surface area contributed by atoms with Crippen molar-refractivity contribution in [2.24, 2.45) is 5.10 Å². The quantitative estimate of drug-likeness (QED) is 0.819. The molecule has 0 saturated carbocycles. The normalized spacial score (nSPS) is 14.6. The van der Waals surface area contributed by atoms with Gasteiger partial charge < -0.3 is 14.5 Å². The van der Waals surface area contributed by atoms with Crippen molar-refractivity contribution in [3.63, 3.8) is 0 Å². The molecular formula is C19H21N3O4. The van der Waals surface area contributed by atoms with Gasteiger partial charge in [0.05, 0.1) is 12.3 Å². The molecule has 1 aromatic carbocycles. The maximum Gasteiger partial charge on any atom is 0.427 e. The van der Waals surface area contributed by atoms with Crippen LogP contribution in [0.4, 0.5) is 10.5 Å². The van der Waals surface area contributed by atoms with Gasteiger partial charge in [-0.25, -0.2) is 10.2 Å². The van der Waals surface area contributed by atoms with Crippen LogP contribution < -0.4 is 10.7 Å². The molecule has 0 saturated heterocycles. The summed E-state index contributed by atoms with van der Waals surface area (Å²) in [6.07, 6.45) is 1.66. The van der Waals surface area contributed by atoms with E-state index in [1.54, 1.807) is 6.92 Å². The van der Waals surface area contributed by atoms with Gasteiger partial charge in [-0.3, -0.25) is 4.79 Å². The number of carbonyl (C=O) groups excluding carboxylic acids is 2. The molecule has 2 N–H and O–H groups in total. The minimum atomic E-state index is -0.602. The Bertz CT molecular complexity index is 840. The molecule has 1 aromatic heterocycles. The number of benzene rings is 1. The fraction of sp³-hybridized carbons (Fsp3) is 0.316. The molecule has 26 heavy (non-hydrogen) atoms. The molecule has 0 bridgehead atoms. The van der Waals surface area contributed by atoms with E-state index in [0.29, 0.717) is 17.8 Å². The van der Waals surface area contributed by atoms with E-state index in [0.717, 1.165) is 29.7 Å². The highest BCUT2D eigenvalue weighted by atomic mass is 16.5. The maximum atomic E-state index is 12.6. The van der Waals surface area contributed by atoms with Crippen molar-refractivity contribution in [1.82, 2.24) is 5.43 Å². The molecule has 0 aliphatic heterocycles. The van der Waals surface area contributed by atoms with Gasteiger partial charge in [-0.15, -0.1) is 0 Å². The zero-order chi connectivity index (χ0) is 18.5. The van der Waals surface area contributed by atoms with Crippen LogP contribution in [0.5, 0.6) is 0 Å². The number of carbonyl (C=O) groups is 2. The van der Waals surface area contributed by atoms with Gasteiger partial charge in [0.25, 0.3) is 5.91 Å². The Morgan fingerprint density at radius 3 is 2.73 bits per heavy atom. The molecule has 0 radical (unpaired) electrons. The number of ether oxygens (including phenoxy) is 1. The molecule has 1 aliphatic carbocycles. The number of nitrogens with zero attached hydrogens (tertiary/aromatic N) is 1. The first-order valence-electron chi connectivity index (χ1n) is 8.58. The summed E-state index contributed by atoms with van der Waals surface area (Å²) in [5, 5.41) is 6.99.